The Hall–Kier alpha value is -1.17. The van der Waals surface area contributed by atoms with Gasteiger partial charge in [-0.2, -0.15) is 0 Å². The zero-order chi connectivity index (χ0) is 13.1. The summed E-state index contributed by atoms with van der Waals surface area (Å²) in [5, 5.41) is 2.59. The van der Waals surface area contributed by atoms with Gasteiger partial charge in [0.2, 0.25) is 0 Å². The molecule has 0 unspecified atom stereocenters. The Labute approximate surface area is 120 Å². The first-order chi connectivity index (χ1) is 8.59. The van der Waals surface area contributed by atoms with Crippen molar-refractivity contribution in [2.75, 3.05) is 11.9 Å². The fourth-order valence-corrected chi connectivity index (χ4v) is 2.81. The highest BCUT2D eigenvalue weighted by Crippen LogP contribution is 2.27. The highest BCUT2D eigenvalue weighted by molar-refractivity contribution is 7.80. The number of aromatic nitrogens is 1. The topological polar surface area (TPSA) is 42.2 Å². The summed E-state index contributed by atoms with van der Waals surface area (Å²) >= 11 is 12.8. The third-order valence-electron chi connectivity index (χ3n) is 2.53. The minimum absolute atomic E-state index is 0.306. The second-order valence-corrected chi connectivity index (χ2v) is 5.40. The first-order valence-corrected chi connectivity index (χ1v) is 6.99. The third-order valence-corrected chi connectivity index (χ3v) is 3.69. The van der Waals surface area contributed by atoms with Crippen molar-refractivity contribution in [3.05, 3.63) is 45.4 Å². The summed E-state index contributed by atoms with van der Waals surface area (Å²) in [6, 6.07) is 5.62. The molecular weight excluding hydrogens is 286 g/mol. The molecule has 0 spiro atoms. The zero-order valence-electron chi connectivity index (χ0n) is 9.76. The van der Waals surface area contributed by atoms with Crippen LogP contribution in [-0.4, -0.2) is 17.0 Å². The first kappa shape index (κ1) is 13.3. The number of nitrogens with zero attached hydrogens (tertiary/aromatic N) is 2. The lowest BCUT2D eigenvalue weighted by Gasteiger charge is -2.21. The molecule has 0 saturated heterocycles. The van der Waals surface area contributed by atoms with Crippen molar-refractivity contribution >= 4 is 45.8 Å². The summed E-state index contributed by atoms with van der Waals surface area (Å²) in [7, 11) is 1.97. The standard InChI is InChI=1S/C12H12ClN3S2/c1-16(5-8-6-18-7-15-8)10-4-2-3-9(13)11(10)12(14)17/h2-4,6-7H,5H2,1H3,(H2,14,17). The fraction of sp³-hybridized carbons (Fsp3) is 0.167. The minimum Gasteiger partial charge on any atom is -0.389 e. The van der Waals surface area contributed by atoms with Crippen LogP contribution in [0.25, 0.3) is 0 Å². The quantitative estimate of drug-likeness (QED) is 0.881. The van der Waals surface area contributed by atoms with Crippen LogP contribution in [0.2, 0.25) is 5.02 Å². The summed E-state index contributed by atoms with van der Waals surface area (Å²) < 4.78 is 0. The molecule has 0 bridgehead atoms. The van der Waals surface area contributed by atoms with Crippen LogP contribution in [0.3, 0.4) is 0 Å². The van der Waals surface area contributed by atoms with Gasteiger partial charge in [-0.3, -0.25) is 0 Å². The third kappa shape index (κ3) is 2.80. The van der Waals surface area contributed by atoms with Crippen LogP contribution in [0.4, 0.5) is 5.69 Å². The zero-order valence-corrected chi connectivity index (χ0v) is 12.1. The molecule has 2 aromatic rings. The summed E-state index contributed by atoms with van der Waals surface area (Å²) in [5.74, 6) is 0. The summed E-state index contributed by atoms with van der Waals surface area (Å²) in [4.78, 5) is 6.60. The number of thiocarbonyl (C=S) groups is 1. The Morgan fingerprint density at radius 2 is 2.33 bits per heavy atom. The lowest BCUT2D eigenvalue weighted by Crippen LogP contribution is -2.22. The smallest absolute Gasteiger partial charge is 0.107 e. The van der Waals surface area contributed by atoms with Gasteiger partial charge in [0, 0.05) is 18.1 Å². The lowest BCUT2D eigenvalue weighted by molar-refractivity contribution is 0.894. The number of thiazole rings is 1. The van der Waals surface area contributed by atoms with Gasteiger partial charge in [-0.1, -0.05) is 29.9 Å². The van der Waals surface area contributed by atoms with Crippen LogP contribution in [-0.2, 0) is 6.54 Å². The molecule has 0 aliphatic carbocycles. The lowest BCUT2D eigenvalue weighted by atomic mass is 10.1. The molecule has 2 N–H and O–H groups in total. The summed E-state index contributed by atoms with van der Waals surface area (Å²) in [6.45, 7) is 0.694. The Kier molecular flexibility index (Phi) is 4.16. The van der Waals surface area contributed by atoms with E-state index in [0.29, 0.717) is 22.1 Å². The molecule has 0 radical (unpaired) electrons. The number of hydrogen-bond donors (Lipinski definition) is 1. The van der Waals surface area contributed by atoms with E-state index in [1.165, 1.54) is 0 Å². The average Bonchev–Trinajstić information content (AvgIpc) is 2.80. The van der Waals surface area contributed by atoms with Gasteiger partial charge in [0.05, 0.1) is 28.3 Å². The molecule has 18 heavy (non-hydrogen) atoms. The van der Waals surface area contributed by atoms with Gasteiger partial charge in [-0.15, -0.1) is 11.3 Å². The molecule has 94 valence electrons. The fourth-order valence-electron chi connectivity index (χ4n) is 1.72. The molecule has 0 amide bonds. The molecule has 2 rings (SSSR count). The second-order valence-electron chi connectivity index (χ2n) is 3.83. The van der Waals surface area contributed by atoms with E-state index in [1.807, 2.05) is 35.0 Å². The molecular formula is C12H12ClN3S2. The monoisotopic (exact) mass is 297 g/mol. The summed E-state index contributed by atoms with van der Waals surface area (Å²) in [5.41, 5.74) is 10.2. The van der Waals surface area contributed by atoms with Crippen molar-refractivity contribution in [1.82, 2.24) is 4.98 Å². The maximum atomic E-state index is 6.14. The minimum atomic E-state index is 0.306. The van der Waals surface area contributed by atoms with Gasteiger partial charge in [0.25, 0.3) is 0 Å². The maximum Gasteiger partial charge on any atom is 0.107 e. The van der Waals surface area contributed by atoms with E-state index in [9.17, 15) is 0 Å². The van der Waals surface area contributed by atoms with Gasteiger partial charge >= 0.3 is 0 Å². The van der Waals surface area contributed by atoms with Gasteiger partial charge in [0.1, 0.15) is 4.99 Å². The molecule has 0 aliphatic heterocycles. The predicted molar refractivity (Wildman–Crippen MR) is 81.6 cm³/mol. The second kappa shape index (κ2) is 5.65. The van der Waals surface area contributed by atoms with E-state index >= 15 is 0 Å². The van der Waals surface area contributed by atoms with E-state index < -0.39 is 0 Å². The van der Waals surface area contributed by atoms with Gasteiger partial charge < -0.3 is 10.6 Å². The predicted octanol–water partition coefficient (Wildman–Crippen LogP) is 3.07. The van der Waals surface area contributed by atoms with Crippen molar-refractivity contribution in [2.24, 2.45) is 5.73 Å². The number of hydrogen-bond acceptors (Lipinski definition) is 4. The van der Waals surface area contributed by atoms with Crippen LogP contribution < -0.4 is 10.6 Å². The molecule has 6 heteroatoms. The van der Waals surface area contributed by atoms with Gasteiger partial charge in [-0.05, 0) is 12.1 Å². The molecule has 1 aromatic heterocycles. The van der Waals surface area contributed by atoms with Gasteiger partial charge in [-0.25, -0.2) is 4.98 Å². The SMILES string of the molecule is CN(Cc1cscn1)c1cccc(Cl)c1C(N)=S. The average molecular weight is 298 g/mol. The van der Waals surface area contributed by atoms with E-state index in [1.54, 1.807) is 17.4 Å². The molecule has 1 heterocycles. The van der Waals surface area contributed by atoms with E-state index in [4.69, 9.17) is 29.6 Å². The van der Waals surface area contributed by atoms with E-state index in [2.05, 4.69) is 4.98 Å². The number of rotatable bonds is 4. The Bertz CT molecular complexity index is 554. The molecule has 0 atom stereocenters. The van der Waals surface area contributed by atoms with Crippen molar-refractivity contribution in [3.8, 4) is 0 Å². The number of halogens is 1. The van der Waals surface area contributed by atoms with Crippen molar-refractivity contribution < 1.29 is 0 Å². The Morgan fingerprint density at radius 1 is 1.56 bits per heavy atom. The summed E-state index contributed by atoms with van der Waals surface area (Å²) in [6.07, 6.45) is 0. The normalized spacial score (nSPS) is 10.3. The van der Waals surface area contributed by atoms with E-state index in [0.717, 1.165) is 11.4 Å². The highest BCUT2D eigenvalue weighted by Gasteiger charge is 2.13. The van der Waals surface area contributed by atoms with Gasteiger partial charge in [0.15, 0.2) is 0 Å². The van der Waals surface area contributed by atoms with E-state index in [-0.39, 0.29) is 0 Å². The maximum absolute atomic E-state index is 6.14. The Balaban J connectivity index is 2.32. The van der Waals surface area contributed by atoms with Crippen LogP contribution in [0.5, 0.6) is 0 Å². The number of benzene rings is 1. The highest BCUT2D eigenvalue weighted by atomic mass is 35.5. The molecule has 0 saturated carbocycles. The molecule has 1 aromatic carbocycles. The molecule has 3 nitrogen and oxygen atoms in total. The van der Waals surface area contributed by atoms with Crippen molar-refractivity contribution in [1.29, 1.82) is 0 Å². The largest absolute Gasteiger partial charge is 0.389 e. The van der Waals surface area contributed by atoms with Crippen LogP contribution >= 0.6 is 35.2 Å². The van der Waals surface area contributed by atoms with Crippen LogP contribution in [0, 0.1) is 0 Å². The van der Waals surface area contributed by atoms with Crippen LogP contribution in [0.15, 0.2) is 29.1 Å². The van der Waals surface area contributed by atoms with Crippen LogP contribution in [0.1, 0.15) is 11.3 Å². The molecule has 0 fully saturated rings. The molecule has 0 aliphatic rings. The first-order valence-electron chi connectivity index (χ1n) is 5.26. The number of nitrogens with two attached hydrogens (primary N) is 1. The Morgan fingerprint density at radius 3 is 2.94 bits per heavy atom. The van der Waals surface area contributed by atoms with Crippen molar-refractivity contribution in [3.63, 3.8) is 0 Å². The number of anilines is 1. The van der Waals surface area contributed by atoms with Crippen molar-refractivity contribution in [2.45, 2.75) is 6.54 Å².